The van der Waals surface area contributed by atoms with Crippen molar-refractivity contribution in [2.24, 2.45) is 11.7 Å². The summed E-state index contributed by atoms with van der Waals surface area (Å²) >= 11 is 0. The summed E-state index contributed by atoms with van der Waals surface area (Å²) in [6, 6.07) is 12.5. The predicted octanol–water partition coefficient (Wildman–Crippen LogP) is 8.61. The number of nitrogen functional groups attached to an aromatic ring is 1. The second kappa shape index (κ2) is 23.1. The number of terminal acetylenes is 2. The summed E-state index contributed by atoms with van der Waals surface area (Å²) in [6.07, 6.45) is 32.0. The van der Waals surface area contributed by atoms with Crippen molar-refractivity contribution in [1.82, 2.24) is 5.32 Å². The number of aryl methyl sites for hydroxylation is 1. The van der Waals surface area contributed by atoms with E-state index >= 15 is 0 Å². The molecule has 1 aliphatic carbocycles. The van der Waals surface area contributed by atoms with E-state index in [1.807, 2.05) is 18.3 Å². The van der Waals surface area contributed by atoms with Gasteiger partial charge in [-0.2, -0.15) is 0 Å². The van der Waals surface area contributed by atoms with Crippen LogP contribution in [0, 0.1) is 44.4 Å². The number of benzene rings is 2. The molecule has 0 heterocycles. The molecule has 1 saturated carbocycles. The molecule has 2 aromatic rings. The first-order valence-electron chi connectivity index (χ1n) is 14.3. The van der Waals surface area contributed by atoms with E-state index in [0.29, 0.717) is 11.4 Å². The number of hydrogen-bond donors (Lipinski definition) is 4. The third-order valence-corrected chi connectivity index (χ3v) is 6.82. The lowest BCUT2D eigenvalue weighted by Gasteiger charge is -2.18. The average molecular weight is 547 g/mol. The van der Waals surface area contributed by atoms with Crippen LogP contribution in [0.1, 0.15) is 88.7 Å². The van der Waals surface area contributed by atoms with E-state index in [9.17, 15) is 4.39 Å². The van der Waals surface area contributed by atoms with Gasteiger partial charge in [-0.1, -0.05) is 94.7 Å². The molecule has 40 heavy (non-hydrogen) atoms. The molecule has 4 nitrogen and oxygen atoms in total. The summed E-state index contributed by atoms with van der Waals surface area (Å²) in [7, 11) is 0. The van der Waals surface area contributed by atoms with Gasteiger partial charge >= 0.3 is 0 Å². The van der Waals surface area contributed by atoms with E-state index in [4.69, 9.17) is 11.5 Å². The molecular weight excluding hydrogens is 495 g/mol. The van der Waals surface area contributed by atoms with Crippen LogP contribution in [0.25, 0.3) is 5.70 Å². The Labute approximate surface area is 243 Å². The van der Waals surface area contributed by atoms with Gasteiger partial charge in [0.2, 0.25) is 0 Å². The van der Waals surface area contributed by atoms with E-state index in [0.717, 1.165) is 61.5 Å². The number of halogens is 1. The number of hydrogen-bond acceptors (Lipinski definition) is 4. The average Bonchev–Trinajstić information content (AvgIpc) is 2.99. The van der Waals surface area contributed by atoms with Crippen LogP contribution in [-0.4, -0.2) is 6.54 Å². The lowest BCUT2D eigenvalue weighted by atomic mass is 9.88. The molecule has 6 N–H and O–H groups in total. The van der Waals surface area contributed by atoms with Gasteiger partial charge in [0.25, 0.3) is 0 Å². The van der Waals surface area contributed by atoms with Crippen LogP contribution in [0.2, 0.25) is 0 Å². The monoisotopic (exact) mass is 546 g/mol. The lowest BCUT2D eigenvalue weighted by molar-refractivity contribution is 0.349. The van der Waals surface area contributed by atoms with Gasteiger partial charge in [0, 0.05) is 18.4 Å². The van der Waals surface area contributed by atoms with E-state index in [-0.39, 0.29) is 5.82 Å². The molecule has 218 valence electrons. The normalized spacial score (nSPS) is 12.7. The maximum atomic E-state index is 13.3. The summed E-state index contributed by atoms with van der Waals surface area (Å²) in [5.74, 6) is 0.776. The highest BCUT2D eigenvalue weighted by Gasteiger charge is 2.09. The maximum Gasteiger partial charge on any atom is 0.125 e. The van der Waals surface area contributed by atoms with E-state index in [1.165, 1.54) is 56.2 Å². The van der Waals surface area contributed by atoms with Crippen LogP contribution in [-0.2, 0) is 0 Å². The van der Waals surface area contributed by atoms with Crippen LogP contribution in [0.4, 0.5) is 15.8 Å². The van der Waals surface area contributed by atoms with Crippen molar-refractivity contribution in [3.63, 3.8) is 0 Å². The van der Waals surface area contributed by atoms with Crippen LogP contribution in [0.3, 0.4) is 0 Å². The van der Waals surface area contributed by atoms with Crippen LogP contribution < -0.4 is 22.1 Å². The molecule has 0 aliphatic heterocycles. The second-order valence-electron chi connectivity index (χ2n) is 9.96. The largest absolute Gasteiger partial charge is 0.397 e. The zero-order chi connectivity index (χ0) is 30.2. The van der Waals surface area contributed by atoms with Crippen molar-refractivity contribution < 1.29 is 4.39 Å². The van der Waals surface area contributed by atoms with Crippen LogP contribution in [0.15, 0.2) is 60.9 Å². The van der Waals surface area contributed by atoms with Gasteiger partial charge in [0.05, 0.1) is 17.1 Å². The minimum absolute atomic E-state index is 0.311. The van der Waals surface area contributed by atoms with Gasteiger partial charge in [-0.05, 0) is 55.9 Å². The Balaban J connectivity index is 0.00000106. The van der Waals surface area contributed by atoms with Crippen molar-refractivity contribution in [3.8, 4) is 25.7 Å². The van der Waals surface area contributed by atoms with E-state index in [1.54, 1.807) is 6.07 Å². The molecule has 0 unspecified atom stereocenters. The smallest absolute Gasteiger partial charge is 0.125 e. The molecule has 0 atom stereocenters. The molecule has 0 bridgehead atoms. The molecule has 0 spiro atoms. The van der Waals surface area contributed by atoms with Crippen molar-refractivity contribution in [1.29, 1.82) is 0 Å². The maximum absolute atomic E-state index is 13.3. The van der Waals surface area contributed by atoms with Gasteiger partial charge in [-0.3, -0.25) is 0 Å². The second-order valence-corrected chi connectivity index (χ2v) is 9.96. The SMILES string of the molecule is C#C.C#C.C=C(CCCCCCN/C=C(\N)c1ccc(C)cc1)Nc1cc(F)ccc1N.CCC1CCCCC1. The zero-order valence-corrected chi connectivity index (χ0v) is 24.7. The van der Waals surface area contributed by atoms with E-state index < -0.39 is 0 Å². The minimum Gasteiger partial charge on any atom is -0.397 e. The highest BCUT2D eigenvalue weighted by molar-refractivity contribution is 5.67. The first-order chi connectivity index (χ1) is 19.4. The Morgan fingerprint density at radius 3 is 2.20 bits per heavy atom. The summed E-state index contributed by atoms with van der Waals surface area (Å²) in [5, 5.41) is 6.38. The van der Waals surface area contributed by atoms with Gasteiger partial charge in [-0.15, -0.1) is 25.7 Å². The summed E-state index contributed by atoms with van der Waals surface area (Å²) in [6.45, 7) is 9.27. The number of rotatable bonds is 12. The number of anilines is 2. The third kappa shape index (κ3) is 16.2. The quantitative estimate of drug-likeness (QED) is 0.122. The van der Waals surface area contributed by atoms with Crippen molar-refractivity contribution in [2.75, 3.05) is 17.6 Å². The predicted molar refractivity (Wildman–Crippen MR) is 175 cm³/mol. The van der Waals surface area contributed by atoms with Gasteiger partial charge < -0.3 is 22.1 Å². The fraction of sp³-hybridized carbons (Fsp3) is 0.429. The fourth-order valence-corrected chi connectivity index (χ4v) is 4.42. The number of nitrogens with two attached hydrogens (primary N) is 2. The number of allylic oxidation sites excluding steroid dienone is 1. The Morgan fingerprint density at radius 2 is 1.60 bits per heavy atom. The van der Waals surface area contributed by atoms with Crippen molar-refractivity contribution >= 4 is 17.1 Å². The van der Waals surface area contributed by atoms with Gasteiger partial charge in [0.15, 0.2) is 0 Å². The van der Waals surface area contributed by atoms with Crippen LogP contribution in [0.5, 0.6) is 0 Å². The van der Waals surface area contributed by atoms with Gasteiger partial charge in [-0.25, -0.2) is 4.39 Å². The Morgan fingerprint density at radius 1 is 0.975 bits per heavy atom. The molecule has 0 amide bonds. The Kier molecular flexibility index (Phi) is 20.9. The third-order valence-electron chi connectivity index (χ3n) is 6.82. The molecule has 2 aromatic carbocycles. The topological polar surface area (TPSA) is 76.1 Å². The lowest BCUT2D eigenvalue weighted by Crippen LogP contribution is -2.10. The Bertz CT molecular complexity index is 1010. The molecular formula is C35H51FN4. The van der Waals surface area contributed by atoms with E-state index in [2.05, 4.69) is 68.9 Å². The molecule has 1 fully saturated rings. The van der Waals surface area contributed by atoms with Crippen molar-refractivity contribution in [3.05, 3.63) is 77.9 Å². The number of unbranched alkanes of at least 4 members (excludes halogenated alkanes) is 3. The minimum atomic E-state index is -0.311. The standard InChI is InChI=1S/C23H31FN4.C8H16.2C2H2/c1-17-8-10-19(11-9-17)22(26)16-27-14-6-4-3-5-7-18(2)28-23-15-20(24)12-13-21(23)25;1-2-8-6-4-3-5-7-8;2*1-2/h8-13,15-16,27-28H,2-7,14,25-26H2,1H3;8H,2-7H2,1H3;2*1-2H/b22-16-;;;. The summed E-state index contributed by atoms with van der Waals surface area (Å²) < 4.78 is 13.3. The molecule has 0 radical (unpaired) electrons. The first-order valence-corrected chi connectivity index (χ1v) is 14.3. The molecule has 1 aliphatic rings. The Hall–Kier alpha value is -3.83. The van der Waals surface area contributed by atoms with Crippen LogP contribution >= 0.6 is 0 Å². The zero-order valence-electron chi connectivity index (χ0n) is 24.7. The highest BCUT2D eigenvalue weighted by atomic mass is 19.1. The molecule has 0 saturated heterocycles. The first kappa shape index (κ1) is 36.2. The molecule has 5 heteroatoms. The molecule has 0 aromatic heterocycles. The molecule has 3 rings (SSSR count). The fourth-order valence-electron chi connectivity index (χ4n) is 4.42. The van der Waals surface area contributed by atoms with Crippen molar-refractivity contribution in [2.45, 2.75) is 84.5 Å². The highest BCUT2D eigenvalue weighted by Crippen LogP contribution is 2.25. The summed E-state index contributed by atoms with van der Waals surface area (Å²) in [5.41, 5.74) is 16.9. The van der Waals surface area contributed by atoms with Gasteiger partial charge in [0.1, 0.15) is 5.82 Å². The summed E-state index contributed by atoms with van der Waals surface area (Å²) in [4.78, 5) is 0. The number of nitrogens with one attached hydrogen (secondary N) is 2.